The molecule has 2 aliphatic rings. The molecule has 9 nitrogen and oxygen atoms in total. The quantitative estimate of drug-likeness (QED) is 0.503. The second kappa shape index (κ2) is 8.50. The lowest BCUT2D eigenvalue weighted by Crippen LogP contribution is -2.48. The molecule has 6 rings (SSSR count). The van der Waals surface area contributed by atoms with Crippen LogP contribution in [0.3, 0.4) is 0 Å². The minimum Gasteiger partial charge on any atom is -0.338 e. The number of aromatic nitrogens is 5. The first-order valence-corrected chi connectivity index (χ1v) is 11.0. The summed E-state index contributed by atoms with van der Waals surface area (Å²) in [7, 11) is 0. The molecule has 9 heteroatoms. The van der Waals surface area contributed by atoms with Gasteiger partial charge in [0.05, 0.1) is 11.3 Å². The van der Waals surface area contributed by atoms with Gasteiger partial charge in [-0.25, -0.2) is 14.3 Å². The summed E-state index contributed by atoms with van der Waals surface area (Å²) in [6.45, 7) is 3.98. The van der Waals surface area contributed by atoms with Crippen molar-refractivity contribution in [3.05, 3.63) is 87.0 Å². The van der Waals surface area contributed by atoms with Crippen LogP contribution in [0, 0.1) is 5.92 Å². The normalized spacial score (nSPS) is 15.6. The fourth-order valence-electron chi connectivity index (χ4n) is 4.00. The first-order valence-electron chi connectivity index (χ1n) is 11.0. The number of rotatable bonds is 3. The molecular weight excluding hydrogens is 420 g/mol. The maximum absolute atomic E-state index is 11.9. The summed E-state index contributed by atoms with van der Waals surface area (Å²) in [4.78, 5) is 45.5. The molecule has 33 heavy (non-hydrogen) atoms. The van der Waals surface area contributed by atoms with Gasteiger partial charge in [-0.15, -0.1) is 0 Å². The monoisotopic (exact) mass is 444 g/mol. The number of imidazole rings is 1. The van der Waals surface area contributed by atoms with E-state index in [2.05, 4.69) is 27.0 Å². The third kappa shape index (κ3) is 4.34. The zero-order chi connectivity index (χ0) is 22.9. The van der Waals surface area contributed by atoms with Crippen molar-refractivity contribution in [2.45, 2.75) is 25.7 Å². The predicted octanol–water partition coefficient (Wildman–Crippen LogP) is 2.43. The van der Waals surface area contributed by atoms with Gasteiger partial charge in [-0.3, -0.25) is 14.6 Å². The highest BCUT2D eigenvalue weighted by atomic mass is 16.2. The van der Waals surface area contributed by atoms with Crippen molar-refractivity contribution in [2.75, 3.05) is 13.1 Å². The molecule has 1 aliphatic carbocycles. The second-order valence-corrected chi connectivity index (χ2v) is 8.62. The number of carbonyl (C=O) groups is 1. The number of amides is 1. The highest BCUT2D eigenvalue weighted by molar-refractivity contribution is 5.94. The SMILES string of the molecule is CC1CN(C(=O)c2ccccc2)C1.O=c1[nH]cc(-c2cc(C3CC3)c3nccn3n2)c(=O)[nH]1. The summed E-state index contributed by atoms with van der Waals surface area (Å²) in [5.74, 6) is 1.33. The number of aromatic amines is 2. The lowest BCUT2D eigenvalue weighted by Gasteiger charge is -2.37. The summed E-state index contributed by atoms with van der Waals surface area (Å²) in [6, 6.07) is 11.3. The van der Waals surface area contributed by atoms with E-state index in [0.717, 1.165) is 42.7 Å². The van der Waals surface area contributed by atoms with E-state index in [4.69, 9.17) is 0 Å². The molecule has 168 valence electrons. The van der Waals surface area contributed by atoms with Crippen molar-refractivity contribution in [3.8, 4) is 11.3 Å². The van der Waals surface area contributed by atoms with Crippen LogP contribution < -0.4 is 11.2 Å². The van der Waals surface area contributed by atoms with Gasteiger partial charge < -0.3 is 9.88 Å². The van der Waals surface area contributed by atoms with Crippen molar-refractivity contribution in [3.63, 3.8) is 0 Å². The Morgan fingerprint density at radius 1 is 1.12 bits per heavy atom. The van der Waals surface area contributed by atoms with Crippen LogP contribution in [0.1, 0.15) is 41.6 Å². The number of hydrogen-bond donors (Lipinski definition) is 2. The molecule has 1 saturated heterocycles. The smallest absolute Gasteiger partial charge is 0.325 e. The minimum absolute atomic E-state index is 0.165. The van der Waals surface area contributed by atoms with Gasteiger partial charge >= 0.3 is 5.69 Å². The number of benzene rings is 1. The number of fused-ring (bicyclic) bond motifs is 1. The van der Waals surface area contributed by atoms with Crippen LogP contribution in [0.5, 0.6) is 0 Å². The molecule has 0 bridgehead atoms. The number of nitrogens with zero attached hydrogens (tertiary/aromatic N) is 4. The number of likely N-dealkylation sites (tertiary alicyclic amines) is 1. The Morgan fingerprint density at radius 3 is 2.55 bits per heavy atom. The molecule has 0 radical (unpaired) electrons. The third-order valence-corrected chi connectivity index (χ3v) is 5.87. The van der Waals surface area contributed by atoms with Crippen LogP contribution in [0.4, 0.5) is 0 Å². The van der Waals surface area contributed by atoms with E-state index in [0.29, 0.717) is 23.1 Å². The van der Waals surface area contributed by atoms with E-state index < -0.39 is 11.2 Å². The molecule has 1 aromatic carbocycles. The molecular formula is C24H24N6O3. The number of nitrogens with one attached hydrogen (secondary N) is 2. The lowest BCUT2D eigenvalue weighted by molar-refractivity contribution is 0.0530. The summed E-state index contributed by atoms with van der Waals surface area (Å²) >= 11 is 0. The predicted molar refractivity (Wildman–Crippen MR) is 123 cm³/mol. The van der Waals surface area contributed by atoms with E-state index >= 15 is 0 Å². The van der Waals surface area contributed by atoms with Gasteiger partial charge in [0.1, 0.15) is 0 Å². The number of hydrogen-bond acceptors (Lipinski definition) is 5. The topological polar surface area (TPSA) is 116 Å². The summed E-state index contributed by atoms with van der Waals surface area (Å²) < 4.78 is 1.67. The van der Waals surface area contributed by atoms with E-state index in [1.54, 1.807) is 16.9 Å². The first-order chi connectivity index (χ1) is 16.0. The summed E-state index contributed by atoms with van der Waals surface area (Å²) in [6.07, 6.45) is 7.10. The Hall–Kier alpha value is -4.01. The second-order valence-electron chi connectivity index (χ2n) is 8.62. The Balaban J connectivity index is 0.000000152. The standard InChI is InChI=1S/C13H11N5O2.C11H13NO/c19-12-9(6-15-13(20)16-12)10-5-8(7-1-2-7)11-14-3-4-18(11)17-10;1-9-7-12(8-9)11(13)10-5-3-2-4-6-10/h3-7H,1-2H2,(H2,15,16,19,20);2-6,9H,7-8H2,1H3. The van der Waals surface area contributed by atoms with Crippen LogP contribution in [-0.4, -0.2) is 48.5 Å². The van der Waals surface area contributed by atoms with Crippen LogP contribution in [-0.2, 0) is 0 Å². The summed E-state index contributed by atoms with van der Waals surface area (Å²) in [5, 5.41) is 4.38. The zero-order valence-corrected chi connectivity index (χ0v) is 18.2. The van der Waals surface area contributed by atoms with Crippen molar-refractivity contribution in [1.82, 2.24) is 29.5 Å². The van der Waals surface area contributed by atoms with Gasteiger partial charge in [0, 0.05) is 42.8 Å². The fourth-order valence-corrected chi connectivity index (χ4v) is 4.00. The fraction of sp³-hybridized carbons (Fsp3) is 0.292. The van der Waals surface area contributed by atoms with Crippen molar-refractivity contribution in [2.24, 2.45) is 5.92 Å². The van der Waals surface area contributed by atoms with E-state index in [1.807, 2.05) is 41.3 Å². The van der Waals surface area contributed by atoms with Gasteiger partial charge in [-0.2, -0.15) is 5.10 Å². The Kier molecular flexibility index (Phi) is 5.37. The van der Waals surface area contributed by atoms with Gasteiger partial charge in [0.15, 0.2) is 5.65 Å². The molecule has 0 spiro atoms. The molecule has 2 fully saturated rings. The molecule has 4 aromatic rings. The van der Waals surface area contributed by atoms with E-state index in [-0.39, 0.29) is 5.91 Å². The van der Waals surface area contributed by atoms with Gasteiger partial charge in [-0.05, 0) is 42.9 Å². The van der Waals surface area contributed by atoms with Crippen molar-refractivity contribution < 1.29 is 4.79 Å². The third-order valence-electron chi connectivity index (χ3n) is 5.87. The van der Waals surface area contributed by atoms with Crippen molar-refractivity contribution in [1.29, 1.82) is 0 Å². The zero-order valence-electron chi connectivity index (χ0n) is 18.2. The van der Waals surface area contributed by atoms with Crippen LogP contribution >= 0.6 is 0 Å². The van der Waals surface area contributed by atoms with E-state index in [1.165, 1.54) is 6.20 Å². The maximum Gasteiger partial charge on any atom is 0.325 e. The molecule has 1 saturated carbocycles. The molecule has 4 heterocycles. The highest BCUT2D eigenvalue weighted by Crippen LogP contribution is 2.42. The van der Waals surface area contributed by atoms with Gasteiger partial charge in [0.2, 0.25) is 0 Å². The Labute approximate surface area is 189 Å². The van der Waals surface area contributed by atoms with Crippen LogP contribution in [0.2, 0.25) is 0 Å². The molecule has 0 atom stereocenters. The van der Waals surface area contributed by atoms with Gasteiger partial charge in [-0.1, -0.05) is 25.1 Å². The minimum atomic E-state index is -0.523. The number of H-pyrrole nitrogens is 2. The molecule has 3 aromatic heterocycles. The summed E-state index contributed by atoms with van der Waals surface area (Å²) in [5.41, 5.74) is 2.65. The van der Waals surface area contributed by atoms with Crippen LogP contribution in [0.15, 0.2) is 64.6 Å². The largest absolute Gasteiger partial charge is 0.338 e. The van der Waals surface area contributed by atoms with E-state index in [9.17, 15) is 14.4 Å². The van der Waals surface area contributed by atoms with Crippen LogP contribution in [0.25, 0.3) is 16.9 Å². The number of carbonyl (C=O) groups excluding carboxylic acids is 1. The average molecular weight is 444 g/mol. The highest BCUT2D eigenvalue weighted by Gasteiger charge is 2.28. The Morgan fingerprint density at radius 2 is 1.88 bits per heavy atom. The van der Waals surface area contributed by atoms with Gasteiger partial charge in [0.25, 0.3) is 11.5 Å². The average Bonchev–Trinajstić information content (AvgIpc) is 3.53. The lowest BCUT2D eigenvalue weighted by atomic mass is 10.0. The maximum atomic E-state index is 11.9. The molecule has 1 amide bonds. The van der Waals surface area contributed by atoms with Crippen molar-refractivity contribution >= 4 is 11.6 Å². The molecule has 2 N–H and O–H groups in total. The first kappa shape index (κ1) is 20.9. The Bertz CT molecular complexity index is 1410. The molecule has 0 unspecified atom stereocenters. The molecule has 1 aliphatic heterocycles.